The van der Waals surface area contributed by atoms with E-state index in [1.54, 1.807) is 13.0 Å². The molecule has 1 aliphatic heterocycles. The molecule has 2 N–H and O–H groups in total. The summed E-state index contributed by atoms with van der Waals surface area (Å²) >= 11 is 0. The molecular weight excluding hydrogens is 439 g/mol. The average molecular weight is 461 g/mol. The number of nitrogens with one attached hydrogen (secondary N) is 2. The van der Waals surface area contributed by atoms with Crippen LogP contribution >= 0.6 is 0 Å². The zero-order valence-corrected chi connectivity index (χ0v) is 17.5. The Bertz CT molecular complexity index is 981. The lowest BCUT2D eigenvalue weighted by atomic mass is 10.3. The summed E-state index contributed by atoms with van der Waals surface area (Å²) in [5, 5.41) is 3.04. The first kappa shape index (κ1) is 23.0. The number of morpholine rings is 1. The Morgan fingerprint density at radius 2 is 1.81 bits per heavy atom. The number of aromatic nitrogens is 2. The van der Waals surface area contributed by atoms with E-state index in [4.69, 9.17) is 4.74 Å². The van der Waals surface area contributed by atoms with E-state index in [1.165, 1.54) is 0 Å². The van der Waals surface area contributed by atoms with Crippen LogP contribution in [-0.2, 0) is 14.8 Å². The minimum Gasteiger partial charge on any atom is -0.406 e. The van der Waals surface area contributed by atoms with Crippen molar-refractivity contribution >= 4 is 21.7 Å². The second-order valence-corrected chi connectivity index (χ2v) is 8.37. The highest BCUT2D eigenvalue weighted by atomic mass is 32.2. The topological polar surface area (TPSA) is 106 Å². The number of alkyl halides is 3. The summed E-state index contributed by atoms with van der Waals surface area (Å²) in [7, 11) is -3.89. The fourth-order valence-electron chi connectivity index (χ4n) is 2.88. The molecule has 1 fully saturated rings. The number of sulfonamides is 1. The molecule has 0 spiro atoms. The van der Waals surface area contributed by atoms with Gasteiger partial charge in [0.25, 0.3) is 0 Å². The molecular formula is C18H22F3N5O4S. The molecule has 0 atom stereocenters. The molecule has 170 valence electrons. The van der Waals surface area contributed by atoms with Gasteiger partial charge in [0, 0.05) is 32.2 Å². The molecule has 2 heterocycles. The average Bonchev–Trinajstić information content (AvgIpc) is 2.71. The quantitative estimate of drug-likeness (QED) is 0.575. The van der Waals surface area contributed by atoms with Crippen LogP contribution in [-0.4, -0.2) is 64.1 Å². The van der Waals surface area contributed by atoms with Crippen LogP contribution in [0.15, 0.2) is 35.2 Å². The molecule has 0 bridgehead atoms. The van der Waals surface area contributed by atoms with E-state index in [0.717, 1.165) is 43.2 Å². The van der Waals surface area contributed by atoms with E-state index in [1.807, 2.05) is 0 Å². The van der Waals surface area contributed by atoms with Gasteiger partial charge in [-0.25, -0.2) is 23.1 Å². The van der Waals surface area contributed by atoms with Crippen molar-refractivity contribution in [1.82, 2.24) is 14.7 Å². The normalized spacial score (nSPS) is 15.0. The zero-order chi connectivity index (χ0) is 22.5. The van der Waals surface area contributed by atoms with E-state index in [2.05, 4.69) is 29.6 Å². The fraction of sp³-hybridized carbons (Fsp3) is 0.444. The molecule has 3 rings (SSSR count). The number of anilines is 2. The first-order valence-electron chi connectivity index (χ1n) is 9.40. The molecule has 13 heteroatoms. The molecule has 9 nitrogen and oxygen atoms in total. The number of ether oxygens (including phenoxy) is 2. The largest absolute Gasteiger partial charge is 0.573 e. The minimum atomic E-state index is -4.84. The number of aryl methyl sites for hydroxylation is 1. The number of halogens is 3. The van der Waals surface area contributed by atoms with Crippen molar-refractivity contribution in [2.24, 2.45) is 0 Å². The van der Waals surface area contributed by atoms with Gasteiger partial charge in [-0.3, -0.25) is 0 Å². The number of rotatable bonds is 8. The van der Waals surface area contributed by atoms with Crippen molar-refractivity contribution in [3.8, 4) is 5.75 Å². The van der Waals surface area contributed by atoms with Gasteiger partial charge in [-0.15, -0.1) is 13.2 Å². The molecule has 31 heavy (non-hydrogen) atoms. The molecule has 1 aliphatic rings. The van der Waals surface area contributed by atoms with Crippen molar-refractivity contribution < 1.29 is 31.1 Å². The van der Waals surface area contributed by atoms with Gasteiger partial charge in [-0.05, 0) is 31.2 Å². The molecule has 0 radical (unpaired) electrons. The standard InChI is InChI=1S/C18H22F3N5O4S/c1-13-24-16(12-17(25-13)26-8-10-29-11-9-26)22-6-7-23-31(27,28)15-4-2-14(3-5-15)30-18(19,20)21/h2-5,12,23H,6-11H2,1H3,(H,22,24,25). The molecule has 0 saturated carbocycles. The van der Waals surface area contributed by atoms with Gasteiger partial charge in [0.2, 0.25) is 10.0 Å². The highest BCUT2D eigenvalue weighted by Crippen LogP contribution is 2.23. The van der Waals surface area contributed by atoms with E-state index < -0.39 is 22.1 Å². The van der Waals surface area contributed by atoms with E-state index in [-0.39, 0.29) is 18.0 Å². The summed E-state index contributed by atoms with van der Waals surface area (Å²) in [6.07, 6.45) is -4.84. The first-order chi connectivity index (χ1) is 14.6. The van der Waals surface area contributed by atoms with Gasteiger partial charge >= 0.3 is 6.36 Å². The summed E-state index contributed by atoms with van der Waals surface area (Å²) in [4.78, 5) is 10.6. The maximum atomic E-state index is 12.3. The lowest BCUT2D eigenvalue weighted by Gasteiger charge is -2.28. The van der Waals surface area contributed by atoms with Crippen LogP contribution in [0.3, 0.4) is 0 Å². The summed E-state index contributed by atoms with van der Waals surface area (Å²) in [6, 6.07) is 5.75. The second-order valence-electron chi connectivity index (χ2n) is 6.60. The van der Waals surface area contributed by atoms with Gasteiger partial charge < -0.3 is 19.7 Å². The van der Waals surface area contributed by atoms with Crippen LogP contribution in [0.1, 0.15) is 5.82 Å². The maximum Gasteiger partial charge on any atom is 0.573 e. The van der Waals surface area contributed by atoms with Gasteiger partial charge in [0.1, 0.15) is 23.2 Å². The SMILES string of the molecule is Cc1nc(NCCNS(=O)(=O)c2ccc(OC(F)(F)F)cc2)cc(N2CCOCC2)n1. The van der Waals surface area contributed by atoms with E-state index in [9.17, 15) is 21.6 Å². The van der Waals surface area contributed by atoms with Gasteiger partial charge in [-0.1, -0.05) is 0 Å². The Morgan fingerprint density at radius 1 is 1.13 bits per heavy atom. The Balaban J connectivity index is 1.53. The van der Waals surface area contributed by atoms with Crippen LogP contribution in [0.4, 0.5) is 24.8 Å². The Hall–Kier alpha value is -2.64. The molecule has 1 aromatic carbocycles. The number of nitrogens with zero attached hydrogens (tertiary/aromatic N) is 3. The highest BCUT2D eigenvalue weighted by molar-refractivity contribution is 7.89. The van der Waals surface area contributed by atoms with Crippen LogP contribution in [0.2, 0.25) is 0 Å². The predicted molar refractivity (Wildman–Crippen MR) is 107 cm³/mol. The van der Waals surface area contributed by atoms with Gasteiger partial charge in [0.15, 0.2) is 0 Å². The molecule has 0 aliphatic carbocycles. The molecule has 2 aromatic rings. The lowest BCUT2D eigenvalue weighted by Crippen LogP contribution is -2.37. The number of hydrogen-bond acceptors (Lipinski definition) is 8. The summed E-state index contributed by atoms with van der Waals surface area (Å²) in [5.74, 6) is 1.40. The van der Waals surface area contributed by atoms with E-state index >= 15 is 0 Å². The Labute approximate surface area is 177 Å². The van der Waals surface area contributed by atoms with Crippen LogP contribution in [0.5, 0.6) is 5.75 Å². The van der Waals surface area contributed by atoms with Crippen LogP contribution < -0.4 is 19.7 Å². The van der Waals surface area contributed by atoms with Crippen molar-refractivity contribution in [1.29, 1.82) is 0 Å². The molecule has 1 saturated heterocycles. The van der Waals surface area contributed by atoms with Crippen LogP contribution in [0, 0.1) is 6.92 Å². The van der Waals surface area contributed by atoms with Gasteiger partial charge in [0.05, 0.1) is 18.1 Å². The summed E-state index contributed by atoms with van der Waals surface area (Å²) in [5.41, 5.74) is 0. The fourth-order valence-corrected chi connectivity index (χ4v) is 3.91. The third-order valence-electron chi connectivity index (χ3n) is 4.25. The Kier molecular flexibility index (Phi) is 7.18. The monoisotopic (exact) mass is 461 g/mol. The number of benzene rings is 1. The van der Waals surface area contributed by atoms with Crippen molar-refractivity contribution in [2.45, 2.75) is 18.2 Å². The van der Waals surface area contributed by atoms with E-state index in [0.29, 0.717) is 24.9 Å². The highest BCUT2D eigenvalue weighted by Gasteiger charge is 2.31. The smallest absolute Gasteiger partial charge is 0.406 e. The second kappa shape index (κ2) is 9.66. The van der Waals surface area contributed by atoms with Crippen molar-refractivity contribution in [3.63, 3.8) is 0 Å². The molecule has 1 aromatic heterocycles. The van der Waals surface area contributed by atoms with Crippen LogP contribution in [0.25, 0.3) is 0 Å². The van der Waals surface area contributed by atoms with Gasteiger partial charge in [-0.2, -0.15) is 0 Å². The predicted octanol–water partition coefficient (Wildman–Crippen LogP) is 1.91. The summed E-state index contributed by atoms with van der Waals surface area (Å²) in [6.45, 7) is 4.75. The third kappa shape index (κ3) is 6.94. The first-order valence-corrected chi connectivity index (χ1v) is 10.9. The third-order valence-corrected chi connectivity index (χ3v) is 5.73. The number of hydrogen-bond donors (Lipinski definition) is 2. The molecule has 0 amide bonds. The molecule has 0 unspecified atom stereocenters. The van der Waals surface area contributed by atoms with Crippen molar-refractivity contribution in [3.05, 3.63) is 36.2 Å². The summed E-state index contributed by atoms with van der Waals surface area (Å²) < 4.78 is 72.7. The minimum absolute atomic E-state index is 0.0407. The zero-order valence-electron chi connectivity index (χ0n) is 16.6. The van der Waals surface area contributed by atoms with Crippen molar-refractivity contribution in [2.75, 3.05) is 49.6 Å². The Morgan fingerprint density at radius 3 is 2.45 bits per heavy atom. The maximum absolute atomic E-state index is 12.3. The lowest BCUT2D eigenvalue weighted by molar-refractivity contribution is -0.274.